The van der Waals surface area contributed by atoms with Crippen molar-refractivity contribution in [1.29, 1.82) is 0 Å². The first-order chi connectivity index (χ1) is 21.7. The van der Waals surface area contributed by atoms with Crippen LogP contribution in [0.5, 0.6) is 11.5 Å². The lowest BCUT2D eigenvalue weighted by Crippen LogP contribution is -2.52. The molecule has 1 heterocycles. The molecule has 260 valence electrons. The second kappa shape index (κ2) is 17.5. The third-order valence-corrected chi connectivity index (χ3v) is 7.55. The minimum absolute atomic E-state index is 0.244. The molecule has 8 nitrogen and oxygen atoms in total. The number of nitrogens with zero attached hydrogens (tertiary/aromatic N) is 2. The van der Waals surface area contributed by atoms with Crippen molar-refractivity contribution in [2.45, 2.75) is 106 Å². The van der Waals surface area contributed by atoms with Crippen molar-refractivity contribution in [2.24, 2.45) is 17.6 Å². The molecule has 1 amide bonds. The number of aryl methyl sites for hydroxylation is 2. The zero-order chi connectivity index (χ0) is 35.6. The van der Waals surface area contributed by atoms with Crippen LogP contribution in [0, 0.1) is 25.7 Å². The summed E-state index contributed by atoms with van der Waals surface area (Å²) in [5.41, 5.74) is 8.80. The van der Waals surface area contributed by atoms with Crippen LogP contribution in [0.3, 0.4) is 0 Å². The van der Waals surface area contributed by atoms with Crippen LogP contribution in [0.2, 0.25) is 5.28 Å². The van der Waals surface area contributed by atoms with Gasteiger partial charge in [0.25, 0.3) is 0 Å². The second-order valence-electron chi connectivity index (χ2n) is 14.7. The van der Waals surface area contributed by atoms with Gasteiger partial charge in [0.1, 0.15) is 30.3 Å². The van der Waals surface area contributed by atoms with Gasteiger partial charge < -0.3 is 25.3 Å². The molecule has 3 rings (SSSR count). The Kier molecular flexibility index (Phi) is 15.0. The molecule has 0 aliphatic rings. The Hall–Kier alpha value is -2.88. The summed E-state index contributed by atoms with van der Waals surface area (Å²) in [4.78, 5) is 20.3. The smallest absolute Gasteiger partial charge is 0.408 e. The molecule has 3 N–H and O–H groups in total. The molecule has 2 aromatic carbocycles. The van der Waals surface area contributed by atoms with Gasteiger partial charge in [-0.05, 0) is 138 Å². The van der Waals surface area contributed by atoms with Gasteiger partial charge in [0.05, 0.1) is 11.2 Å². The minimum atomic E-state index is -0.522. The molecule has 2 atom stereocenters. The van der Waals surface area contributed by atoms with E-state index in [9.17, 15) is 4.79 Å². The number of alkyl carbamates (subject to hydrolysis) is 1. The van der Waals surface area contributed by atoms with Crippen molar-refractivity contribution >= 4 is 33.6 Å². The SMILES string of the molecule is Cc1cc(-c2ccnc(Cl)n2)ccc1OC[C@@](C)(N)CC(C)C.Cc1cc(Br)ccc1OC[C@](C)(CC(C)C)NC(=O)OC(C)(C)C. The van der Waals surface area contributed by atoms with Crippen LogP contribution in [0.4, 0.5) is 4.79 Å². The highest BCUT2D eigenvalue weighted by atomic mass is 79.9. The summed E-state index contributed by atoms with van der Waals surface area (Å²) in [5, 5.41) is 3.23. The maximum Gasteiger partial charge on any atom is 0.408 e. The Morgan fingerprint density at radius 1 is 0.894 bits per heavy atom. The van der Waals surface area contributed by atoms with E-state index in [1.807, 2.05) is 90.9 Å². The van der Waals surface area contributed by atoms with E-state index in [4.69, 9.17) is 31.5 Å². The summed E-state index contributed by atoms with van der Waals surface area (Å²) in [5.74, 6) is 2.62. The van der Waals surface area contributed by atoms with E-state index in [1.165, 1.54) is 0 Å². The predicted molar refractivity (Wildman–Crippen MR) is 196 cm³/mol. The fourth-order valence-corrected chi connectivity index (χ4v) is 5.93. The number of nitrogens with two attached hydrogens (primary N) is 1. The number of hydrogen-bond donors (Lipinski definition) is 2. The first-order valence-electron chi connectivity index (χ1n) is 16.1. The lowest BCUT2D eigenvalue weighted by atomic mass is 9.91. The Morgan fingerprint density at radius 3 is 2.00 bits per heavy atom. The fraction of sp³-hybridized carbons (Fsp3) is 0.541. The maximum absolute atomic E-state index is 12.2. The second-order valence-corrected chi connectivity index (χ2v) is 16.0. The van der Waals surface area contributed by atoms with Crippen molar-refractivity contribution in [1.82, 2.24) is 15.3 Å². The van der Waals surface area contributed by atoms with Crippen LogP contribution >= 0.6 is 27.5 Å². The van der Waals surface area contributed by atoms with E-state index >= 15 is 0 Å². The number of hydrogen-bond acceptors (Lipinski definition) is 7. The molecule has 0 aliphatic carbocycles. The summed E-state index contributed by atoms with van der Waals surface area (Å²) in [6.07, 6.45) is 2.95. The minimum Gasteiger partial charge on any atom is -0.491 e. The van der Waals surface area contributed by atoms with Crippen LogP contribution in [0.15, 0.2) is 53.1 Å². The van der Waals surface area contributed by atoms with E-state index in [0.29, 0.717) is 25.0 Å². The molecule has 0 aliphatic heterocycles. The Bertz CT molecular complexity index is 1460. The zero-order valence-electron chi connectivity index (χ0n) is 30.0. The summed E-state index contributed by atoms with van der Waals surface area (Å²) < 4.78 is 18.3. The van der Waals surface area contributed by atoms with Gasteiger partial charge >= 0.3 is 6.09 Å². The van der Waals surface area contributed by atoms with Crippen molar-refractivity contribution in [2.75, 3.05) is 13.2 Å². The van der Waals surface area contributed by atoms with Gasteiger partial charge in [0, 0.05) is 21.8 Å². The fourth-order valence-electron chi connectivity index (χ4n) is 5.31. The quantitative estimate of drug-likeness (QED) is 0.179. The number of rotatable bonds is 12. The number of benzene rings is 2. The van der Waals surface area contributed by atoms with Gasteiger partial charge in [-0.15, -0.1) is 0 Å². The summed E-state index contributed by atoms with van der Waals surface area (Å²) >= 11 is 9.30. The van der Waals surface area contributed by atoms with Gasteiger partial charge in [0.15, 0.2) is 0 Å². The number of carbonyl (C=O) groups is 1. The number of nitrogens with one attached hydrogen (secondary N) is 1. The lowest BCUT2D eigenvalue weighted by molar-refractivity contribution is 0.0407. The summed E-state index contributed by atoms with van der Waals surface area (Å²) in [7, 11) is 0. The van der Waals surface area contributed by atoms with Crippen molar-refractivity contribution in [3.63, 3.8) is 0 Å². The topological polar surface area (TPSA) is 109 Å². The van der Waals surface area contributed by atoms with Crippen LogP contribution in [0.1, 0.15) is 86.3 Å². The average molecular weight is 734 g/mol. The van der Waals surface area contributed by atoms with E-state index in [1.54, 1.807) is 6.20 Å². The number of ether oxygens (including phenoxy) is 3. The van der Waals surface area contributed by atoms with Crippen LogP contribution in [-0.4, -0.2) is 46.0 Å². The Balaban J connectivity index is 0.000000327. The normalized spacial score (nSPS) is 14.0. The molecule has 0 bridgehead atoms. The number of halogens is 2. The van der Waals surface area contributed by atoms with Crippen LogP contribution in [0.25, 0.3) is 11.3 Å². The first kappa shape index (κ1) is 40.3. The maximum atomic E-state index is 12.2. The molecule has 0 saturated carbocycles. The molecular formula is C37H54BrClN4O4. The Labute approximate surface area is 295 Å². The van der Waals surface area contributed by atoms with Gasteiger partial charge in [0.2, 0.25) is 5.28 Å². The molecule has 0 unspecified atom stereocenters. The van der Waals surface area contributed by atoms with Gasteiger partial charge in [-0.1, -0.05) is 43.6 Å². The molecule has 47 heavy (non-hydrogen) atoms. The Morgan fingerprint density at radius 2 is 1.47 bits per heavy atom. The largest absolute Gasteiger partial charge is 0.491 e. The number of amides is 1. The van der Waals surface area contributed by atoms with Gasteiger partial charge in [-0.25, -0.2) is 14.8 Å². The lowest BCUT2D eigenvalue weighted by Gasteiger charge is -2.33. The predicted octanol–water partition coefficient (Wildman–Crippen LogP) is 9.71. The van der Waals surface area contributed by atoms with Crippen molar-refractivity contribution in [3.05, 3.63) is 69.5 Å². The molecule has 0 spiro atoms. The van der Waals surface area contributed by atoms with E-state index < -0.39 is 17.2 Å². The molecule has 0 fully saturated rings. The van der Waals surface area contributed by atoms with E-state index in [0.717, 1.165) is 51.2 Å². The summed E-state index contributed by atoms with van der Waals surface area (Å²) in [6, 6.07) is 13.7. The highest BCUT2D eigenvalue weighted by Crippen LogP contribution is 2.27. The summed E-state index contributed by atoms with van der Waals surface area (Å²) in [6.45, 7) is 23.0. The number of carbonyl (C=O) groups excluding carboxylic acids is 1. The standard InChI is InChI=1S/C19H30BrNO3.C18H24ClN3O/c1-13(2)11-19(7,21-17(22)24-18(4,5)6)12-23-16-9-8-15(20)10-14(16)3;1-12(2)10-18(4,20)11-23-16-6-5-14(9-13(16)3)15-7-8-21-17(19)22-15/h8-10,13H,11-12H2,1-7H3,(H,21,22);5-9,12H,10-11,20H2,1-4H3/t19-;18-/m00/s1. The zero-order valence-corrected chi connectivity index (χ0v) is 32.3. The highest BCUT2D eigenvalue weighted by molar-refractivity contribution is 9.10. The van der Waals surface area contributed by atoms with Crippen molar-refractivity contribution < 1.29 is 19.0 Å². The van der Waals surface area contributed by atoms with Crippen molar-refractivity contribution in [3.8, 4) is 22.8 Å². The van der Waals surface area contributed by atoms with Gasteiger partial charge in [-0.2, -0.15) is 0 Å². The van der Waals surface area contributed by atoms with E-state index in [-0.39, 0.29) is 10.8 Å². The van der Waals surface area contributed by atoms with Gasteiger partial charge in [-0.3, -0.25) is 0 Å². The third kappa shape index (κ3) is 15.3. The molecule has 3 aromatic rings. The molecule has 0 radical (unpaired) electrons. The van der Waals surface area contributed by atoms with E-state index in [2.05, 4.69) is 58.9 Å². The highest BCUT2D eigenvalue weighted by Gasteiger charge is 2.31. The monoisotopic (exact) mass is 732 g/mol. The molecule has 0 saturated heterocycles. The van der Waals surface area contributed by atoms with Crippen LogP contribution in [-0.2, 0) is 4.74 Å². The van der Waals surface area contributed by atoms with Crippen LogP contribution < -0.4 is 20.5 Å². The molecule has 10 heteroatoms. The molecular weight excluding hydrogens is 680 g/mol. The average Bonchev–Trinajstić information content (AvgIpc) is 2.90. The third-order valence-electron chi connectivity index (χ3n) is 6.87. The first-order valence-corrected chi connectivity index (χ1v) is 17.3. The number of aromatic nitrogens is 2. The molecule has 1 aromatic heterocycles.